The molecule has 0 saturated carbocycles. The van der Waals surface area contributed by atoms with Gasteiger partial charge in [0, 0.05) is 21.4 Å². The van der Waals surface area contributed by atoms with Crippen LogP contribution in [0.1, 0.15) is 27.3 Å². The number of amides is 1. The van der Waals surface area contributed by atoms with Crippen LogP contribution in [0, 0.1) is 6.92 Å². The van der Waals surface area contributed by atoms with Crippen LogP contribution in [0.25, 0.3) is 11.6 Å². The Morgan fingerprint density at radius 2 is 2.10 bits per heavy atom. The molecule has 1 aliphatic rings. The second kappa shape index (κ2) is 4.89. The minimum atomic E-state index is -1.03. The van der Waals surface area contributed by atoms with Crippen LogP contribution in [-0.4, -0.2) is 22.0 Å². The highest BCUT2D eigenvalue weighted by Crippen LogP contribution is 2.35. The number of carboxylic acid groups (broad SMARTS) is 1. The zero-order valence-electron chi connectivity index (χ0n) is 11.0. The Balaban J connectivity index is 2.15. The van der Waals surface area contributed by atoms with Gasteiger partial charge in [0.2, 0.25) is 0 Å². The number of aromatic nitrogens is 1. The number of fused-ring (bicyclic) bond motifs is 1. The van der Waals surface area contributed by atoms with Crippen molar-refractivity contribution in [2.24, 2.45) is 0 Å². The van der Waals surface area contributed by atoms with Gasteiger partial charge in [0.1, 0.15) is 0 Å². The lowest BCUT2D eigenvalue weighted by atomic mass is 10.1. The Morgan fingerprint density at radius 3 is 2.81 bits per heavy atom. The van der Waals surface area contributed by atoms with E-state index in [9.17, 15) is 14.7 Å². The van der Waals surface area contributed by atoms with Crippen LogP contribution < -0.4 is 5.32 Å². The number of benzene rings is 1. The minimum Gasteiger partial charge on any atom is -0.478 e. The van der Waals surface area contributed by atoms with Crippen molar-refractivity contribution in [3.05, 3.63) is 51.3 Å². The topological polar surface area (TPSA) is 82.2 Å². The van der Waals surface area contributed by atoms with E-state index in [1.807, 2.05) is 12.1 Å². The number of halogens is 1. The molecule has 0 fully saturated rings. The van der Waals surface area contributed by atoms with Crippen LogP contribution in [0.2, 0.25) is 0 Å². The number of anilines is 1. The van der Waals surface area contributed by atoms with Crippen molar-refractivity contribution in [3.63, 3.8) is 0 Å². The molecule has 21 heavy (non-hydrogen) atoms. The van der Waals surface area contributed by atoms with Crippen molar-refractivity contribution >= 4 is 45.1 Å². The standard InChI is InChI=1S/C15H11BrN2O3/c1-7-4-11(15(20)21)13(17-7)6-10-9-5-8(16)2-3-12(9)18-14(10)19/h2-6,17H,1H3,(H,18,19)(H,20,21). The second-order valence-electron chi connectivity index (χ2n) is 4.79. The van der Waals surface area contributed by atoms with E-state index >= 15 is 0 Å². The number of hydrogen-bond donors (Lipinski definition) is 3. The molecule has 0 unspecified atom stereocenters. The first-order valence-corrected chi connectivity index (χ1v) is 7.01. The van der Waals surface area contributed by atoms with Gasteiger partial charge in [-0.1, -0.05) is 15.9 Å². The largest absolute Gasteiger partial charge is 0.478 e. The number of H-pyrrole nitrogens is 1. The third-order valence-electron chi connectivity index (χ3n) is 3.27. The monoisotopic (exact) mass is 346 g/mol. The summed E-state index contributed by atoms with van der Waals surface area (Å²) in [4.78, 5) is 26.3. The molecule has 1 aliphatic heterocycles. The summed E-state index contributed by atoms with van der Waals surface area (Å²) in [6.07, 6.45) is 1.57. The second-order valence-corrected chi connectivity index (χ2v) is 5.70. The first-order chi connectivity index (χ1) is 9.95. The molecule has 1 aromatic carbocycles. The van der Waals surface area contributed by atoms with E-state index in [2.05, 4.69) is 26.2 Å². The number of carbonyl (C=O) groups is 2. The lowest BCUT2D eigenvalue weighted by Crippen LogP contribution is -2.04. The summed E-state index contributed by atoms with van der Waals surface area (Å²) in [5, 5.41) is 12.0. The third-order valence-corrected chi connectivity index (χ3v) is 3.76. The minimum absolute atomic E-state index is 0.149. The quantitative estimate of drug-likeness (QED) is 0.729. The van der Waals surface area contributed by atoms with Gasteiger partial charge in [-0.05, 0) is 37.3 Å². The SMILES string of the molecule is Cc1cc(C(=O)O)c(C=C2C(=O)Nc3ccc(Br)cc32)[nH]1. The molecule has 2 heterocycles. The Bertz CT molecular complexity index is 805. The van der Waals surface area contributed by atoms with Crippen molar-refractivity contribution in [1.82, 2.24) is 4.98 Å². The average Bonchev–Trinajstić information content (AvgIpc) is 2.92. The maximum absolute atomic E-state index is 12.1. The zero-order valence-corrected chi connectivity index (χ0v) is 12.6. The first-order valence-electron chi connectivity index (χ1n) is 6.21. The summed E-state index contributed by atoms with van der Waals surface area (Å²) in [6, 6.07) is 7.01. The number of hydrogen-bond acceptors (Lipinski definition) is 2. The number of nitrogens with one attached hydrogen (secondary N) is 2. The van der Waals surface area contributed by atoms with Crippen LogP contribution >= 0.6 is 15.9 Å². The first kappa shape index (κ1) is 13.6. The number of rotatable bonds is 2. The Hall–Kier alpha value is -2.34. The summed E-state index contributed by atoms with van der Waals surface area (Å²) >= 11 is 3.37. The van der Waals surface area contributed by atoms with Gasteiger partial charge < -0.3 is 15.4 Å². The maximum atomic E-state index is 12.1. The lowest BCUT2D eigenvalue weighted by Gasteiger charge is -1.99. The molecule has 1 aromatic heterocycles. The molecular formula is C15H11BrN2O3. The van der Waals surface area contributed by atoms with Crippen LogP contribution in [0.5, 0.6) is 0 Å². The Labute approximate surface area is 128 Å². The molecule has 5 nitrogen and oxygen atoms in total. The molecule has 6 heteroatoms. The third kappa shape index (κ3) is 2.38. The number of carbonyl (C=O) groups excluding carboxylic acids is 1. The highest BCUT2D eigenvalue weighted by Gasteiger charge is 2.25. The highest BCUT2D eigenvalue weighted by atomic mass is 79.9. The molecule has 0 aliphatic carbocycles. The fraction of sp³-hybridized carbons (Fsp3) is 0.0667. The number of carboxylic acids is 1. The fourth-order valence-electron chi connectivity index (χ4n) is 2.35. The van der Waals surface area contributed by atoms with Crippen molar-refractivity contribution < 1.29 is 14.7 Å². The zero-order chi connectivity index (χ0) is 15.1. The Kier molecular flexibility index (Phi) is 3.17. The van der Waals surface area contributed by atoms with E-state index in [1.54, 1.807) is 25.1 Å². The van der Waals surface area contributed by atoms with Crippen LogP contribution in [-0.2, 0) is 4.79 Å². The van der Waals surface area contributed by atoms with E-state index in [-0.39, 0.29) is 11.5 Å². The van der Waals surface area contributed by atoms with Crippen molar-refractivity contribution in [2.75, 3.05) is 5.32 Å². The van der Waals surface area contributed by atoms with Crippen molar-refractivity contribution in [3.8, 4) is 0 Å². The molecule has 0 radical (unpaired) electrons. The molecule has 0 spiro atoms. The van der Waals surface area contributed by atoms with Gasteiger partial charge in [-0.2, -0.15) is 0 Å². The van der Waals surface area contributed by atoms with Crippen molar-refractivity contribution in [2.45, 2.75) is 6.92 Å². The summed E-state index contributed by atoms with van der Waals surface area (Å²) in [6.45, 7) is 1.77. The lowest BCUT2D eigenvalue weighted by molar-refractivity contribution is -0.110. The van der Waals surface area contributed by atoms with Crippen LogP contribution in [0.3, 0.4) is 0 Å². The number of aromatic amines is 1. The molecule has 3 N–H and O–H groups in total. The van der Waals surface area contributed by atoms with E-state index in [0.717, 1.165) is 21.4 Å². The van der Waals surface area contributed by atoms with Gasteiger partial charge in [0.25, 0.3) is 5.91 Å². The summed E-state index contributed by atoms with van der Waals surface area (Å²) in [5.41, 5.74) is 3.20. The van der Waals surface area contributed by atoms with E-state index in [1.165, 1.54) is 0 Å². The molecular weight excluding hydrogens is 336 g/mol. The van der Waals surface area contributed by atoms with E-state index < -0.39 is 5.97 Å². The smallest absolute Gasteiger partial charge is 0.337 e. The van der Waals surface area contributed by atoms with Crippen molar-refractivity contribution in [1.29, 1.82) is 0 Å². The van der Waals surface area contributed by atoms with E-state index in [0.29, 0.717) is 11.3 Å². The number of aryl methyl sites for hydroxylation is 1. The van der Waals surface area contributed by atoms with Gasteiger partial charge in [-0.3, -0.25) is 4.79 Å². The van der Waals surface area contributed by atoms with E-state index in [4.69, 9.17) is 0 Å². The Morgan fingerprint density at radius 1 is 1.33 bits per heavy atom. The normalized spacial score (nSPS) is 15.1. The van der Waals surface area contributed by atoms with Gasteiger partial charge in [-0.15, -0.1) is 0 Å². The maximum Gasteiger partial charge on any atom is 0.337 e. The predicted octanol–water partition coefficient (Wildman–Crippen LogP) is 3.28. The van der Waals surface area contributed by atoms with Crippen LogP contribution in [0.15, 0.2) is 28.7 Å². The molecule has 0 saturated heterocycles. The predicted molar refractivity (Wildman–Crippen MR) is 83.1 cm³/mol. The molecule has 106 valence electrons. The highest BCUT2D eigenvalue weighted by molar-refractivity contribution is 9.10. The van der Waals surface area contributed by atoms with Crippen LogP contribution in [0.4, 0.5) is 5.69 Å². The van der Waals surface area contributed by atoms with Gasteiger partial charge >= 0.3 is 5.97 Å². The van der Waals surface area contributed by atoms with Gasteiger partial charge in [-0.25, -0.2) is 4.79 Å². The summed E-state index contributed by atoms with van der Waals surface area (Å²) in [7, 11) is 0. The fourth-order valence-corrected chi connectivity index (χ4v) is 2.71. The summed E-state index contributed by atoms with van der Waals surface area (Å²) in [5.74, 6) is -1.27. The van der Waals surface area contributed by atoms with Gasteiger partial charge in [0.05, 0.1) is 16.8 Å². The summed E-state index contributed by atoms with van der Waals surface area (Å²) < 4.78 is 0.852. The molecule has 2 aromatic rings. The molecule has 1 amide bonds. The molecule has 0 bridgehead atoms. The molecule has 0 atom stereocenters. The van der Waals surface area contributed by atoms with Gasteiger partial charge in [0.15, 0.2) is 0 Å². The number of aromatic carboxylic acids is 1. The average molecular weight is 347 g/mol. The molecule has 3 rings (SSSR count).